The van der Waals surface area contributed by atoms with Crippen LogP contribution in [0, 0.1) is 0 Å². The molecule has 1 unspecified atom stereocenters. The summed E-state index contributed by atoms with van der Waals surface area (Å²) in [5.41, 5.74) is 0.330. The first-order valence-electron chi connectivity index (χ1n) is 7.50. The molecule has 1 aliphatic heterocycles. The third-order valence-corrected chi connectivity index (χ3v) is 4.13. The molecule has 21 heavy (non-hydrogen) atoms. The molecule has 0 radical (unpaired) electrons. The van der Waals surface area contributed by atoms with E-state index in [-0.39, 0.29) is 6.04 Å². The summed E-state index contributed by atoms with van der Waals surface area (Å²) < 4.78 is 10.9. The molecule has 0 amide bonds. The highest BCUT2D eigenvalue weighted by atomic mass is 35.5. The quantitative estimate of drug-likeness (QED) is 0.848. The molecule has 0 aliphatic carbocycles. The second kappa shape index (κ2) is 7.45. The largest absolute Gasteiger partial charge is 0.494 e. The summed E-state index contributed by atoms with van der Waals surface area (Å²) in [5, 5.41) is 14.6. The van der Waals surface area contributed by atoms with E-state index in [0.717, 1.165) is 11.3 Å². The van der Waals surface area contributed by atoms with Gasteiger partial charge in [-0.1, -0.05) is 11.6 Å². The van der Waals surface area contributed by atoms with Gasteiger partial charge in [-0.2, -0.15) is 0 Å². The molecular weight excluding hydrogens is 290 g/mol. The lowest BCUT2D eigenvalue weighted by atomic mass is 9.94. The van der Waals surface area contributed by atoms with Crippen molar-refractivity contribution in [2.75, 3.05) is 26.4 Å². The smallest absolute Gasteiger partial charge is 0.124 e. The fourth-order valence-corrected chi connectivity index (χ4v) is 2.71. The normalized spacial score (nSPS) is 19.2. The van der Waals surface area contributed by atoms with E-state index >= 15 is 0 Å². The molecule has 5 heteroatoms. The average molecular weight is 314 g/mol. The molecule has 0 bridgehead atoms. The number of hydrogen-bond donors (Lipinski definition) is 2. The van der Waals surface area contributed by atoms with Crippen molar-refractivity contribution in [3.63, 3.8) is 0 Å². The number of rotatable bonds is 6. The van der Waals surface area contributed by atoms with Gasteiger partial charge in [0.25, 0.3) is 0 Å². The Morgan fingerprint density at radius 3 is 2.81 bits per heavy atom. The Balaban J connectivity index is 2.02. The molecule has 1 aromatic rings. The Hall–Kier alpha value is -0.810. The van der Waals surface area contributed by atoms with Gasteiger partial charge in [-0.3, -0.25) is 0 Å². The Kier molecular flexibility index (Phi) is 5.88. The standard InChI is InChI=1S/C16H24ClNO3/c1-3-21-15-5-4-13(17)10-14(15)12(2)18-11-16(19)6-8-20-9-7-16/h4-5,10,12,18-19H,3,6-9,11H2,1-2H3. The summed E-state index contributed by atoms with van der Waals surface area (Å²) in [5.74, 6) is 0.834. The third kappa shape index (κ3) is 4.58. The summed E-state index contributed by atoms with van der Waals surface area (Å²) in [7, 11) is 0. The molecule has 0 spiro atoms. The number of halogens is 1. The monoisotopic (exact) mass is 313 g/mol. The van der Waals surface area contributed by atoms with Crippen LogP contribution in [0.3, 0.4) is 0 Å². The highest BCUT2D eigenvalue weighted by Gasteiger charge is 2.30. The molecule has 118 valence electrons. The Morgan fingerprint density at radius 1 is 1.43 bits per heavy atom. The van der Waals surface area contributed by atoms with Crippen molar-refractivity contribution in [1.29, 1.82) is 0 Å². The number of hydrogen-bond acceptors (Lipinski definition) is 4. The van der Waals surface area contributed by atoms with Gasteiger partial charge in [-0.05, 0) is 32.0 Å². The van der Waals surface area contributed by atoms with Crippen molar-refractivity contribution >= 4 is 11.6 Å². The SMILES string of the molecule is CCOc1ccc(Cl)cc1C(C)NCC1(O)CCOCC1. The summed E-state index contributed by atoms with van der Waals surface area (Å²) in [6, 6.07) is 5.69. The van der Waals surface area contributed by atoms with Gasteiger partial charge in [0.1, 0.15) is 5.75 Å². The van der Waals surface area contributed by atoms with Crippen LogP contribution in [0.15, 0.2) is 18.2 Å². The zero-order valence-corrected chi connectivity index (χ0v) is 13.4. The summed E-state index contributed by atoms with van der Waals surface area (Å²) >= 11 is 6.09. The van der Waals surface area contributed by atoms with Crippen LogP contribution in [-0.2, 0) is 4.74 Å². The molecule has 2 N–H and O–H groups in total. The molecule has 1 fully saturated rings. The highest BCUT2D eigenvalue weighted by Crippen LogP contribution is 2.29. The maximum atomic E-state index is 10.5. The zero-order valence-electron chi connectivity index (χ0n) is 12.7. The van der Waals surface area contributed by atoms with Gasteiger partial charge in [0.15, 0.2) is 0 Å². The highest BCUT2D eigenvalue weighted by molar-refractivity contribution is 6.30. The number of ether oxygens (including phenoxy) is 2. The van der Waals surface area contributed by atoms with Crippen LogP contribution in [0.4, 0.5) is 0 Å². The Morgan fingerprint density at radius 2 is 2.14 bits per heavy atom. The molecule has 0 saturated carbocycles. The molecule has 1 saturated heterocycles. The van der Waals surface area contributed by atoms with Crippen molar-refractivity contribution in [2.24, 2.45) is 0 Å². The predicted octanol–water partition coefficient (Wildman–Crippen LogP) is 2.93. The Labute approximate surface area is 131 Å². The van der Waals surface area contributed by atoms with Crippen molar-refractivity contribution in [3.05, 3.63) is 28.8 Å². The van der Waals surface area contributed by atoms with Gasteiger partial charge in [-0.15, -0.1) is 0 Å². The lowest BCUT2D eigenvalue weighted by Gasteiger charge is -2.33. The zero-order chi connectivity index (χ0) is 15.3. The van der Waals surface area contributed by atoms with E-state index in [1.54, 1.807) is 0 Å². The van der Waals surface area contributed by atoms with Gasteiger partial charge in [0.2, 0.25) is 0 Å². The molecule has 0 aromatic heterocycles. The van der Waals surface area contributed by atoms with Gasteiger partial charge in [0.05, 0.1) is 12.2 Å². The summed E-state index contributed by atoms with van der Waals surface area (Å²) in [6.45, 7) is 6.40. The van der Waals surface area contributed by atoms with Crippen LogP contribution >= 0.6 is 11.6 Å². The van der Waals surface area contributed by atoms with E-state index in [2.05, 4.69) is 12.2 Å². The lowest BCUT2D eigenvalue weighted by molar-refractivity contribution is -0.0626. The Bertz CT molecular complexity index is 461. The minimum absolute atomic E-state index is 0.0529. The summed E-state index contributed by atoms with van der Waals surface area (Å²) in [6.07, 6.45) is 1.33. The second-order valence-corrected chi connectivity index (χ2v) is 5.99. The first kappa shape index (κ1) is 16.6. The van der Waals surface area contributed by atoms with Gasteiger partial charge >= 0.3 is 0 Å². The molecule has 1 heterocycles. The van der Waals surface area contributed by atoms with Crippen molar-refractivity contribution in [1.82, 2.24) is 5.32 Å². The maximum Gasteiger partial charge on any atom is 0.124 e. The van der Waals surface area contributed by atoms with Gasteiger partial charge in [0, 0.05) is 49.2 Å². The van der Waals surface area contributed by atoms with Crippen molar-refractivity contribution in [2.45, 2.75) is 38.3 Å². The first-order chi connectivity index (χ1) is 10.0. The molecule has 1 atom stereocenters. The number of benzene rings is 1. The van der Waals surface area contributed by atoms with Crippen LogP contribution in [-0.4, -0.2) is 37.1 Å². The van der Waals surface area contributed by atoms with Crippen molar-refractivity contribution < 1.29 is 14.6 Å². The van der Waals surface area contributed by atoms with Crippen LogP contribution < -0.4 is 10.1 Å². The topological polar surface area (TPSA) is 50.7 Å². The summed E-state index contributed by atoms with van der Waals surface area (Å²) in [4.78, 5) is 0. The second-order valence-electron chi connectivity index (χ2n) is 5.55. The van der Waals surface area contributed by atoms with Gasteiger partial charge < -0.3 is 19.9 Å². The van der Waals surface area contributed by atoms with Crippen LogP contribution in [0.2, 0.25) is 5.02 Å². The van der Waals surface area contributed by atoms with E-state index < -0.39 is 5.60 Å². The van der Waals surface area contributed by atoms with E-state index in [1.807, 2.05) is 25.1 Å². The maximum absolute atomic E-state index is 10.5. The fraction of sp³-hybridized carbons (Fsp3) is 0.625. The minimum Gasteiger partial charge on any atom is -0.494 e. The van der Waals surface area contributed by atoms with Crippen molar-refractivity contribution in [3.8, 4) is 5.75 Å². The van der Waals surface area contributed by atoms with E-state index in [9.17, 15) is 5.11 Å². The fourth-order valence-electron chi connectivity index (χ4n) is 2.53. The average Bonchev–Trinajstić information content (AvgIpc) is 2.48. The van der Waals surface area contributed by atoms with E-state index in [4.69, 9.17) is 21.1 Å². The molecule has 4 nitrogen and oxygen atoms in total. The van der Waals surface area contributed by atoms with E-state index in [1.165, 1.54) is 0 Å². The van der Waals surface area contributed by atoms with Crippen LogP contribution in [0.5, 0.6) is 5.75 Å². The molecule has 1 aromatic carbocycles. The van der Waals surface area contributed by atoms with Crippen LogP contribution in [0.25, 0.3) is 0 Å². The third-order valence-electron chi connectivity index (χ3n) is 3.90. The first-order valence-corrected chi connectivity index (χ1v) is 7.87. The number of aliphatic hydroxyl groups is 1. The molecule has 2 rings (SSSR count). The lowest BCUT2D eigenvalue weighted by Crippen LogP contribution is -2.45. The van der Waals surface area contributed by atoms with Crippen LogP contribution in [0.1, 0.15) is 38.3 Å². The predicted molar refractivity (Wildman–Crippen MR) is 84.0 cm³/mol. The molecule has 1 aliphatic rings. The molecular formula is C16H24ClNO3. The van der Waals surface area contributed by atoms with E-state index in [0.29, 0.717) is 44.2 Å². The number of nitrogens with one attached hydrogen (secondary N) is 1. The minimum atomic E-state index is -0.684. The van der Waals surface area contributed by atoms with Gasteiger partial charge in [-0.25, -0.2) is 0 Å².